The maximum absolute atomic E-state index is 11.5. The molecule has 1 aromatic rings. The average Bonchev–Trinajstić information content (AvgIpc) is 2.37. The molecule has 0 aliphatic carbocycles. The quantitative estimate of drug-likeness (QED) is 0.651. The van der Waals surface area contributed by atoms with E-state index in [4.69, 9.17) is 0 Å². The number of hydrogen-bond acceptors (Lipinski definition) is 4. The van der Waals surface area contributed by atoms with Gasteiger partial charge in [-0.2, -0.15) is 0 Å². The molecule has 0 radical (unpaired) electrons. The Morgan fingerprint density at radius 1 is 1.25 bits per heavy atom. The van der Waals surface area contributed by atoms with Crippen LogP contribution in [0.3, 0.4) is 0 Å². The maximum Gasteiger partial charge on any atom is 0.334 e. The van der Waals surface area contributed by atoms with Gasteiger partial charge in [0, 0.05) is 5.70 Å². The van der Waals surface area contributed by atoms with Crippen LogP contribution in [-0.2, 0) is 4.79 Å². The Bertz CT molecular complexity index is 596. The molecule has 0 bridgehead atoms. The molecule has 104 valence electrons. The highest BCUT2D eigenvalue weighted by molar-refractivity contribution is 5.90. The SMILES string of the molecule is CC1=C(C(=O)O)C(c2ccccc2)C([N+](=O)[O-])=C(C)N1. The van der Waals surface area contributed by atoms with Crippen molar-refractivity contribution in [3.05, 3.63) is 68.7 Å². The standard InChI is InChI=1S/C14H14N2O4/c1-8-11(14(17)18)12(10-6-4-3-5-7-10)13(16(19)20)9(2)15-8/h3-7,12,15H,1-2H3,(H,17,18). The monoisotopic (exact) mass is 274 g/mol. The first-order chi connectivity index (χ1) is 9.43. The van der Waals surface area contributed by atoms with E-state index >= 15 is 0 Å². The summed E-state index contributed by atoms with van der Waals surface area (Å²) < 4.78 is 0. The van der Waals surface area contributed by atoms with Crippen molar-refractivity contribution < 1.29 is 14.8 Å². The molecule has 6 heteroatoms. The molecule has 1 aliphatic heterocycles. The van der Waals surface area contributed by atoms with Gasteiger partial charge in [-0.3, -0.25) is 10.1 Å². The van der Waals surface area contributed by atoms with Gasteiger partial charge in [0.1, 0.15) is 5.92 Å². The molecular weight excluding hydrogens is 260 g/mol. The lowest BCUT2D eigenvalue weighted by Crippen LogP contribution is -2.30. The van der Waals surface area contributed by atoms with Gasteiger partial charge in [-0.15, -0.1) is 0 Å². The summed E-state index contributed by atoms with van der Waals surface area (Å²) in [6, 6.07) is 8.65. The highest BCUT2D eigenvalue weighted by Crippen LogP contribution is 2.37. The van der Waals surface area contributed by atoms with E-state index in [1.165, 1.54) is 0 Å². The summed E-state index contributed by atoms with van der Waals surface area (Å²) in [6.45, 7) is 3.19. The molecule has 20 heavy (non-hydrogen) atoms. The van der Waals surface area contributed by atoms with Gasteiger partial charge in [-0.1, -0.05) is 30.3 Å². The van der Waals surface area contributed by atoms with Gasteiger partial charge in [0.15, 0.2) is 0 Å². The van der Waals surface area contributed by atoms with Crippen LogP contribution >= 0.6 is 0 Å². The Kier molecular flexibility index (Phi) is 3.56. The van der Waals surface area contributed by atoms with Gasteiger partial charge >= 0.3 is 5.97 Å². The number of dihydropyridines is 1. The van der Waals surface area contributed by atoms with Gasteiger partial charge in [0.25, 0.3) is 5.70 Å². The van der Waals surface area contributed by atoms with E-state index < -0.39 is 16.8 Å². The number of rotatable bonds is 3. The Hall–Kier alpha value is -2.63. The molecule has 0 amide bonds. The van der Waals surface area contributed by atoms with Crippen LogP contribution in [0, 0.1) is 10.1 Å². The average molecular weight is 274 g/mol. The number of nitrogens with one attached hydrogen (secondary N) is 1. The molecule has 0 spiro atoms. The van der Waals surface area contributed by atoms with Crippen molar-refractivity contribution in [1.29, 1.82) is 0 Å². The molecule has 0 saturated heterocycles. The summed E-state index contributed by atoms with van der Waals surface area (Å²) in [7, 11) is 0. The lowest BCUT2D eigenvalue weighted by atomic mass is 9.84. The van der Waals surface area contributed by atoms with Gasteiger partial charge in [0.05, 0.1) is 16.2 Å². The number of nitro groups is 1. The molecule has 2 rings (SSSR count). The minimum Gasteiger partial charge on any atom is -0.478 e. The molecule has 0 aromatic heterocycles. The predicted molar refractivity (Wildman–Crippen MR) is 72.3 cm³/mol. The van der Waals surface area contributed by atoms with E-state index in [1.807, 2.05) is 0 Å². The van der Waals surface area contributed by atoms with E-state index in [-0.39, 0.29) is 11.3 Å². The van der Waals surface area contributed by atoms with E-state index in [2.05, 4.69) is 5.32 Å². The number of benzene rings is 1. The Morgan fingerprint density at radius 2 is 1.85 bits per heavy atom. The molecule has 1 unspecified atom stereocenters. The molecule has 1 atom stereocenters. The maximum atomic E-state index is 11.5. The fraction of sp³-hybridized carbons (Fsp3) is 0.214. The van der Waals surface area contributed by atoms with Crippen molar-refractivity contribution in [1.82, 2.24) is 5.32 Å². The van der Waals surface area contributed by atoms with Crippen molar-refractivity contribution in [3.8, 4) is 0 Å². The number of aliphatic carboxylic acids is 1. The lowest BCUT2D eigenvalue weighted by molar-refractivity contribution is -0.431. The van der Waals surface area contributed by atoms with Gasteiger partial charge in [0.2, 0.25) is 0 Å². The van der Waals surface area contributed by atoms with E-state index in [0.717, 1.165) is 0 Å². The molecule has 6 nitrogen and oxygen atoms in total. The predicted octanol–water partition coefficient (Wildman–Crippen LogP) is 2.24. The molecule has 1 aliphatic rings. The first-order valence-corrected chi connectivity index (χ1v) is 6.04. The molecular formula is C14H14N2O4. The third kappa shape index (κ3) is 2.27. The molecule has 0 saturated carbocycles. The summed E-state index contributed by atoms with van der Waals surface area (Å²) in [4.78, 5) is 22.3. The number of allylic oxidation sites excluding steroid dienone is 3. The first kappa shape index (κ1) is 13.8. The minimum absolute atomic E-state index is 0.00787. The van der Waals surface area contributed by atoms with Crippen LogP contribution in [0.4, 0.5) is 0 Å². The van der Waals surface area contributed by atoms with Gasteiger partial charge < -0.3 is 10.4 Å². The molecule has 0 fully saturated rings. The van der Waals surface area contributed by atoms with E-state index in [1.54, 1.807) is 44.2 Å². The molecule has 1 heterocycles. The highest BCUT2D eigenvalue weighted by Gasteiger charge is 2.39. The number of carboxylic acid groups (broad SMARTS) is 1. The fourth-order valence-electron chi connectivity index (χ4n) is 2.48. The van der Waals surface area contributed by atoms with Crippen molar-refractivity contribution in [2.45, 2.75) is 19.8 Å². The topological polar surface area (TPSA) is 92.5 Å². The van der Waals surface area contributed by atoms with Crippen LogP contribution in [-0.4, -0.2) is 16.0 Å². The number of nitrogens with zero attached hydrogens (tertiary/aromatic N) is 1. The zero-order chi connectivity index (χ0) is 14.9. The van der Waals surface area contributed by atoms with Crippen LogP contribution in [0.5, 0.6) is 0 Å². The molecule has 1 aromatic carbocycles. The second-order valence-corrected chi connectivity index (χ2v) is 4.58. The van der Waals surface area contributed by atoms with Crippen LogP contribution in [0.1, 0.15) is 25.3 Å². The third-order valence-electron chi connectivity index (χ3n) is 3.29. The summed E-state index contributed by atoms with van der Waals surface area (Å²) in [6.07, 6.45) is 0. The minimum atomic E-state index is -1.16. The number of carboxylic acids is 1. The van der Waals surface area contributed by atoms with Crippen LogP contribution in [0.25, 0.3) is 0 Å². The van der Waals surface area contributed by atoms with Crippen molar-refractivity contribution in [2.24, 2.45) is 0 Å². The summed E-state index contributed by atoms with van der Waals surface area (Å²) in [5, 5.41) is 23.5. The first-order valence-electron chi connectivity index (χ1n) is 6.04. The Balaban J connectivity index is 2.67. The van der Waals surface area contributed by atoms with Gasteiger partial charge in [-0.25, -0.2) is 4.79 Å². The van der Waals surface area contributed by atoms with E-state index in [0.29, 0.717) is 17.0 Å². The van der Waals surface area contributed by atoms with E-state index in [9.17, 15) is 20.0 Å². The Morgan fingerprint density at radius 3 is 2.35 bits per heavy atom. The normalized spacial score (nSPS) is 18.8. The smallest absolute Gasteiger partial charge is 0.334 e. The summed E-state index contributed by atoms with van der Waals surface area (Å²) in [5.74, 6) is -2.03. The second-order valence-electron chi connectivity index (χ2n) is 4.58. The van der Waals surface area contributed by atoms with Gasteiger partial charge in [-0.05, 0) is 19.4 Å². The largest absolute Gasteiger partial charge is 0.478 e. The highest BCUT2D eigenvalue weighted by atomic mass is 16.6. The number of hydrogen-bond donors (Lipinski definition) is 2. The van der Waals surface area contributed by atoms with Crippen molar-refractivity contribution in [3.63, 3.8) is 0 Å². The third-order valence-corrected chi connectivity index (χ3v) is 3.29. The number of carbonyl (C=O) groups is 1. The second kappa shape index (κ2) is 5.16. The molecule has 2 N–H and O–H groups in total. The lowest BCUT2D eigenvalue weighted by Gasteiger charge is -2.25. The van der Waals surface area contributed by atoms with Crippen molar-refractivity contribution in [2.75, 3.05) is 0 Å². The van der Waals surface area contributed by atoms with Crippen molar-refractivity contribution >= 4 is 5.97 Å². The zero-order valence-electron chi connectivity index (χ0n) is 11.1. The summed E-state index contributed by atoms with van der Waals surface area (Å²) in [5.41, 5.74) is 1.27. The summed E-state index contributed by atoms with van der Waals surface area (Å²) >= 11 is 0. The zero-order valence-corrected chi connectivity index (χ0v) is 11.1. The fourth-order valence-corrected chi connectivity index (χ4v) is 2.48. The van der Waals surface area contributed by atoms with Crippen LogP contribution < -0.4 is 5.32 Å². The Labute approximate surface area is 115 Å². The van der Waals surface area contributed by atoms with Crippen LogP contribution in [0.15, 0.2) is 53.0 Å². The van der Waals surface area contributed by atoms with Crippen LogP contribution in [0.2, 0.25) is 0 Å².